The summed E-state index contributed by atoms with van der Waals surface area (Å²) in [4.78, 5) is 34.3. The highest BCUT2D eigenvalue weighted by Gasteiger charge is 2.19. The van der Waals surface area contributed by atoms with Gasteiger partial charge in [0.25, 0.3) is 5.91 Å². The summed E-state index contributed by atoms with van der Waals surface area (Å²) < 4.78 is 11.0. The summed E-state index contributed by atoms with van der Waals surface area (Å²) in [5, 5.41) is 7.32. The van der Waals surface area contributed by atoms with Gasteiger partial charge < -0.3 is 9.26 Å². The molecular formula is C21H14ClN7O3S. The van der Waals surface area contributed by atoms with Crippen molar-refractivity contribution in [1.82, 2.24) is 30.1 Å². The van der Waals surface area contributed by atoms with E-state index in [1.54, 1.807) is 24.4 Å². The number of fused-ring (bicyclic) bond motifs is 1. The SMILES string of the molecule is COc1cnc(Cl)cc1-c1cc(C)ncc1C(=O)Nc1nc2cnc(-c3ncon3)cc2s1. The van der Waals surface area contributed by atoms with Crippen molar-refractivity contribution in [3.8, 4) is 28.4 Å². The first-order valence-electron chi connectivity index (χ1n) is 9.53. The number of hydrogen-bond donors (Lipinski definition) is 1. The molecule has 33 heavy (non-hydrogen) atoms. The summed E-state index contributed by atoms with van der Waals surface area (Å²) in [6, 6.07) is 5.23. The normalized spacial score (nSPS) is 11.0. The molecule has 0 saturated carbocycles. The van der Waals surface area contributed by atoms with Crippen LogP contribution in [0.3, 0.4) is 0 Å². The van der Waals surface area contributed by atoms with Gasteiger partial charge in [-0.1, -0.05) is 28.1 Å². The van der Waals surface area contributed by atoms with Crippen molar-refractivity contribution in [3.05, 3.63) is 59.6 Å². The van der Waals surface area contributed by atoms with Crippen molar-refractivity contribution < 1.29 is 14.1 Å². The monoisotopic (exact) mass is 479 g/mol. The predicted molar refractivity (Wildman–Crippen MR) is 122 cm³/mol. The zero-order chi connectivity index (χ0) is 22.9. The number of anilines is 1. The Morgan fingerprint density at radius 2 is 1.97 bits per heavy atom. The van der Waals surface area contributed by atoms with E-state index in [4.69, 9.17) is 20.9 Å². The number of nitrogens with zero attached hydrogens (tertiary/aromatic N) is 6. The standard InChI is InChI=1S/C21H14ClN7O3S/c1-10-3-11(12-4-18(22)25-8-16(12)31-2)13(6-23-10)20(30)28-21-27-15-7-24-14(5-17(15)33-21)19-26-9-32-29-19/h3-9H,1-2H3,(H,27,28,30). The third-order valence-corrected chi connectivity index (χ3v) is 5.86. The topological polar surface area (TPSA) is 129 Å². The number of aromatic nitrogens is 6. The number of thiazole rings is 1. The van der Waals surface area contributed by atoms with Crippen LogP contribution < -0.4 is 10.1 Å². The molecule has 0 fully saturated rings. The lowest BCUT2D eigenvalue weighted by atomic mass is 10.0. The minimum Gasteiger partial charge on any atom is -0.494 e. The van der Waals surface area contributed by atoms with Gasteiger partial charge >= 0.3 is 0 Å². The molecule has 0 aromatic carbocycles. The van der Waals surface area contributed by atoms with E-state index in [9.17, 15) is 4.79 Å². The van der Waals surface area contributed by atoms with Crippen molar-refractivity contribution in [1.29, 1.82) is 0 Å². The third-order valence-electron chi connectivity index (χ3n) is 4.72. The number of pyridine rings is 3. The molecule has 164 valence electrons. The molecule has 5 rings (SSSR count). The summed E-state index contributed by atoms with van der Waals surface area (Å²) in [5.74, 6) is 0.480. The smallest absolute Gasteiger partial charge is 0.259 e. The van der Waals surface area contributed by atoms with Gasteiger partial charge in [-0.15, -0.1) is 0 Å². The molecule has 5 aromatic rings. The summed E-state index contributed by atoms with van der Waals surface area (Å²) >= 11 is 7.41. The van der Waals surface area contributed by atoms with Gasteiger partial charge in [-0.05, 0) is 25.1 Å². The Kier molecular flexibility index (Phi) is 5.40. The molecule has 0 unspecified atom stereocenters. The number of carbonyl (C=O) groups excluding carboxylic acids is 1. The number of carbonyl (C=O) groups is 1. The number of ether oxygens (including phenoxy) is 1. The molecular weight excluding hydrogens is 466 g/mol. The molecule has 0 aliphatic heterocycles. The summed E-state index contributed by atoms with van der Waals surface area (Å²) in [6.45, 7) is 1.84. The van der Waals surface area contributed by atoms with Gasteiger partial charge in [0.15, 0.2) is 5.13 Å². The Labute approximate surface area is 195 Å². The van der Waals surface area contributed by atoms with Crippen molar-refractivity contribution in [2.75, 3.05) is 12.4 Å². The molecule has 0 spiro atoms. The van der Waals surface area contributed by atoms with Gasteiger partial charge in [-0.25, -0.2) is 9.97 Å². The Bertz CT molecular complexity index is 1490. The van der Waals surface area contributed by atoms with Crippen LogP contribution in [0.25, 0.3) is 32.9 Å². The first kappa shape index (κ1) is 20.9. The van der Waals surface area contributed by atoms with Crippen molar-refractivity contribution in [2.45, 2.75) is 6.92 Å². The number of rotatable bonds is 5. The van der Waals surface area contributed by atoms with Gasteiger partial charge in [0.05, 0.1) is 29.8 Å². The van der Waals surface area contributed by atoms with Crippen molar-refractivity contribution in [2.24, 2.45) is 0 Å². The maximum atomic E-state index is 13.2. The van der Waals surface area contributed by atoms with E-state index in [1.807, 2.05) is 6.92 Å². The minimum absolute atomic E-state index is 0.280. The first-order valence-corrected chi connectivity index (χ1v) is 10.7. The second kappa shape index (κ2) is 8.52. The van der Waals surface area contributed by atoms with Crippen molar-refractivity contribution >= 4 is 44.2 Å². The highest BCUT2D eigenvalue weighted by Crippen LogP contribution is 2.35. The molecule has 5 aromatic heterocycles. The number of hydrogen-bond acceptors (Lipinski definition) is 10. The maximum Gasteiger partial charge on any atom is 0.259 e. The van der Waals surface area contributed by atoms with Gasteiger partial charge in [-0.3, -0.25) is 20.1 Å². The highest BCUT2D eigenvalue weighted by atomic mass is 35.5. The third kappa shape index (κ3) is 4.11. The van der Waals surface area contributed by atoms with Crippen LogP contribution in [0.5, 0.6) is 5.75 Å². The van der Waals surface area contributed by atoms with E-state index >= 15 is 0 Å². The largest absolute Gasteiger partial charge is 0.494 e. The minimum atomic E-state index is -0.377. The average Bonchev–Trinajstić information content (AvgIpc) is 3.48. The molecule has 12 heteroatoms. The molecule has 1 N–H and O–H groups in total. The lowest BCUT2D eigenvalue weighted by molar-refractivity contribution is 0.102. The van der Waals surface area contributed by atoms with E-state index in [1.165, 1.54) is 37.2 Å². The average molecular weight is 480 g/mol. The van der Waals surface area contributed by atoms with Crippen LogP contribution in [-0.2, 0) is 0 Å². The predicted octanol–water partition coefficient (Wildman–Crippen LogP) is 4.42. The number of amides is 1. The van der Waals surface area contributed by atoms with Crippen LogP contribution in [-0.4, -0.2) is 43.1 Å². The molecule has 10 nitrogen and oxygen atoms in total. The Morgan fingerprint density at radius 3 is 2.76 bits per heavy atom. The maximum absolute atomic E-state index is 13.2. The van der Waals surface area contributed by atoms with Gasteiger partial charge in [-0.2, -0.15) is 4.98 Å². The quantitative estimate of drug-likeness (QED) is 0.364. The van der Waals surface area contributed by atoms with Crippen LogP contribution >= 0.6 is 22.9 Å². The lowest BCUT2D eigenvalue weighted by Gasteiger charge is -2.13. The molecule has 0 bridgehead atoms. The summed E-state index contributed by atoms with van der Waals surface area (Å²) in [7, 11) is 1.53. The zero-order valence-corrected chi connectivity index (χ0v) is 18.8. The molecule has 1 amide bonds. The molecule has 5 heterocycles. The van der Waals surface area contributed by atoms with Crippen LogP contribution in [0, 0.1) is 6.92 Å². The van der Waals surface area contributed by atoms with Gasteiger partial charge in [0, 0.05) is 23.0 Å². The molecule has 0 aliphatic rings. The lowest BCUT2D eigenvalue weighted by Crippen LogP contribution is -2.14. The Hall–Kier alpha value is -3.96. The fourth-order valence-electron chi connectivity index (χ4n) is 3.21. The number of nitrogens with one attached hydrogen (secondary N) is 1. The van der Waals surface area contributed by atoms with E-state index in [-0.39, 0.29) is 11.1 Å². The Balaban J connectivity index is 1.50. The van der Waals surface area contributed by atoms with Crippen LogP contribution in [0.1, 0.15) is 16.1 Å². The highest BCUT2D eigenvalue weighted by molar-refractivity contribution is 7.22. The van der Waals surface area contributed by atoms with Crippen molar-refractivity contribution in [3.63, 3.8) is 0 Å². The van der Waals surface area contributed by atoms with E-state index < -0.39 is 0 Å². The zero-order valence-electron chi connectivity index (χ0n) is 17.2. The van der Waals surface area contributed by atoms with E-state index in [0.29, 0.717) is 44.6 Å². The number of aryl methyl sites for hydroxylation is 1. The second-order valence-electron chi connectivity index (χ2n) is 6.84. The molecule has 0 atom stereocenters. The fraction of sp³-hybridized carbons (Fsp3) is 0.0952. The first-order chi connectivity index (χ1) is 16.0. The van der Waals surface area contributed by atoms with Crippen LogP contribution in [0.2, 0.25) is 5.15 Å². The number of methoxy groups -OCH3 is 1. The number of halogens is 1. The Morgan fingerprint density at radius 1 is 1.09 bits per heavy atom. The summed E-state index contributed by atoms with van der Waals surface area (Å²) in [5.41, 5.74) is 3.49. The molecule has 0 radical (unpaired) electrons. The van der Waals surface area contributed by atoms with Crippen LogP contribution in [0.4, 0.5) is 5.13 Å². The van der Waals surface area contributed by atoms with E-state index in [2.05, 4.69) is 35.4 Å². The van der Waals surface area contributed by atoms with Gasteiger partial charge in [0.1, 0.15) is 22.1 Å². The summed E-state index contributed by atoms with van der Waals surface area (Å²) in [6.07, 6.45) is 5.85. The van der Waals surface area contributed by atoms with Crippen LogP contribution in [0.15, 0.2) is 47.7 Å². The van der Waals surface area contributed by atoms with E-state index in [0.717, 1.165) is 10.4 Å². The fourth-order valence-corrected chi connectivity index (χ4v) is 4.24. The molecule has 0 saturated heterocycles. The second-order valence-corrected chi connectivity index (χ2v) is 8.26. The molecule has 0 aliphatic carbocycles. The van der Waals surface area contributed by atoms with Gasteiger partial charge in [0.2, 0.25) is 12.2 Å².